The number of carbonyl (C=O) groups is 1. The van der Waals surface area contributed by atoms with E-state index in [2.05, 4.69) is 41.4 Å². The van der Waals surface area contributed by atoms with Crippen LogP contribution in [-0.2, 0) is 4.79 Å². The van der Waals surface area contributed by atoms with Crippen LogP contribution in [0.1, 0.15) is 43.4 Å². The normalized spacial score (nSPS) is 10.9. The molecule has 2 aromatic rings. The third-order valence-electron chi connectivity index (χ3n) is 4.35. The largest absolute Gasteiger partial charge is 0.483 e. The Morgan fingerprint density at radius 3 is 2.39 bits per heavy atom. The second-order valence-corrected chi connectivity index (χ2v) is 6.93. The van der Waals surface area contributed by atoms with Gasteiger partial charge in [-0.25, -0.2) is 5.43 Å². The van der Waals surface area contributed by atoms with Gasteiger partial charge in [-0.05, 0) is 61.6 Å². The molecule has 1 amide bonds. The zero-order valence-electron chi connectivity index (χ0n) is 17.4. The number of nitrogens with zero attached hydrogens (tertiary/aromatic N) is 2. The Bertz CT molecular complexity index is 779. The number of aryl methyl sites for hydroxylation is 2. The molecule has 0 saturated heterocycles. The minimum Gasteiger partial charge on any atom is -0.483 e. The van der Waals surface area contributed by atoms with E-state index in [1.807, 2.05) is 44.2 Å². The van der Waals surface area contributed by atoms with Crippen LogP contribution in [-0.4, -0.2) is 31.8 Å². The number of benzene rings is 2. The van der Waals surface area contributed by atoms with Crippen LogP contribution in [0.15, 0.2) is 47.6 Å². The number of ether oxygens (including phenoxy) is 1. The van der Waals surface area contributed by atoms with E-state index in [1.54, 1.807) is 6.21 Å². The van der Waals surface area contributed by atoms with Gasteiger partial charge in [0, 0.05) is 18.8 Å². The SMILES string of the molecule is CCCN(CCC)c1ccc(/C=N/NC(=O)COc2cc(C)ccc2C)cc1. The average molecular weight is 382 g/mol. The predicted octanol–water partition coefficient (Wildman–Crippen LogP) is 4.46. The van der Waals surface area contributed by atoms with Gasteiger partial charge in [-0.3, -0.25) is 4.79 Å². The molecule has 0 spiro atoms. The summed E-state index contributed by atoms with van der Waals surface area (Å²) in [5.41, 5.74) is 6.76. The molecular formula is C23H31N3O2. The van der Waals surface area contributed by atoms with Crippen LogP contribution in [0.5, 0.6) is 5.75 Å². The van der Waals surface area contributed by atoms with E-state index >= 15 is 0 Å². The highest BCUT2D eigenvalue weighted by molar-refractivity contribution is 5.83. The number of anilines is 1. The molecule has 2 aromatic carbocycles. The van der Waals surface area contributed by atoms with Crippen LogP contribution < -0.4 is 15.1 Å². The molecule has 0 heterocycles. The number of carbonyl (C=O) groups excluding carboxylic acids is 1. The van der Waals surface area contributed by atoms with Gasteiger partial charge in [-0.2, -0.15) is 5.10 Å². The van der Waals surface area contributed by atoms with Gasteiger partial charge in [0.05, 0.1) is 6.21 Å². The fourth-order valence-corrected chi connectivity index (χ4v) is 2.90. The van der Waals surface area contributed by atoms with E-state index in [4.69, 9.17) is 4.74 Å². The molecule has 0 aliphatic carbocycles. The molecule has 0 bridgehead atoms. The summed E-state index contributed by atoms with van der Waals surface area (Å²) in [6.45, 7) is 10.4. The Labute approximate surface area is 168 Å². The minimum atomic E-state index is -0.286. The smallest absolute Gasteiger partial charge is 0.277 e. The summed E-state index contributed by atoms with van der Waals surface area (Å²) < 4.78 is 5.58. The summed E-state index contributed by atoms with van der Waals surface area (Å²) in [7, 11) is 0. The van der Waals surface area contributed by atoms with Crippen LogP contribution in [0.25, 0.3) is 0 Å². The quantitative estimate of drug-likeness (QED) is 0.488. The molecule has 1 N–H and O–H groups in total. The van der Waals surface area contributed by atoms with E-state index in [0.29, 0.717) is 0 Å². The highest BCUT2D eigenvalue weighted by Crippen LogP contribution is 2.19. The summed E-state index contributed by atoms with van der Waals surface area (Å²) in [4.78, 5) is 14.3. The summed E-state index contributed by atoms with van der Waals surface area (Å²) >= 11 is 0. The van der Waals surface area contributed by atoms with Crippen molar-refractivity contribution in [3.8, 4) is 5.75 Å². The highest BCUT2D eigenvalue weighted by Gasteiger charge is 2.05. The molecular weight excluding hydrogens is 350 g/mol. The molecule has 0 saturated carbocycles. The van der Waals surface area contributed by atoms with Gasteiger partial charge in [0.2, 0.25) is 0 Å². The second-order valence-electron chi connectivity index (χ2n) is 6.93. The van der Waals surface area contributed by atoms with E-state index in [0.717, 1.165) is 48.4 Å². The highest BCUT2D eigenvalue weighted by atomic mass is 16.5. The third-order valence-corrected chi connectivity index (χ3v) is 4.35. The topological polar surface area (TPSA) is 53.9 Å². The summed E-state index contributed by atoms with van der Waals surface area (Å²) in [5, 5.41) is 4.02. The Hall–Kier alpha value is -2.82. The number of amides is 1. The van der Waals surface area contributed by atoms with Crippen LogP contribution >= 0.6 is 0 Å². The fourth-order valence-electron chi connectivity index (χ4n) is 2.90. The van der Waals surface area contributed by atoms with Crippen molar-refractivity contribution in [2.45, 2.75) is 40.5 Å². The molecule has 150 valence electrons. The van der Waals surface area contributed by atoms with Crippen molar-refractivity contribution >= 4 is 17.8 Å². The average Bonchev–Trinajstić information content (AvgIpc) is 2.69. The van der Waals surface area contributed by atoms with E-state index in [-0.39, 0.29) is 12.5 Å². The Kier molecular flexibility index (Phi) is 8.53. The van der Waals surface area contributed by atoms with Crippen molar-refractivity contribution in [2.24, 2.45) is 5.10 Å². The fraction of sp³-hybridized carbons (Fsp3) is 0.391. The number of rotatable bonds is 10. The van der Waals surface area contributed by atoms with Crippen LogP contribution in [0.2, 0.25) is 0 Å². The summed E-state index contributed by atoms with van der Waals surface area (Å²) in [6.07, 6.45) is 3.89. The lowest BCUT2D eigenvalue weighted by molar-refractivity contribution is -0.123. The minimum absolute atomic E-state index is 0.0659. The maximum atomic E-state index is 11.9. The molecule has 28 heavy (non-hydrogen) atoms. The lowest BCUT2D eigenvalue weighted by Gasteiger charge is -2.23. The van der Waals surface area contributed by atoms with Crippen LogP contribution in [0.4, 0.5) is 5.69 Å². The molecule has 0 atom stereocenters. The van der Waals surface area contributed by atoms with E-state index < -0.39 is 0 Å². The van der Waals surface area contributed by atoms with Crippen LogP contribution in [0, 0.1) is 13.8 Å². The van der Waals surface area contributed by atoms with Crippen molar-refractivity contribution in [1.29, 1.82) is 0 Å². The van der Waals surface area contributed by atoms with Gasteiger partial charge < -0.3 is 9.64 Å². The first kappa shape index (κ1) is 21.5. The molecule has 0 fully saturated rings. The van der Waals surface area contributed by atoms with E-state index in [9.17, 15) is 4.79 Å². The second kappa shape index (κ2) is 11.1. The summed E-state index contributed by atoms with van der Waals surface area (Å²) in [5.74, 6) is 0.435. The first-order valence-electron chi connectivity index (χ1n) is 9.90. The van der Waals surface area contributed by atoms with Crippen molar-refractivity contribution in [2.75, 3.05) is 24.6 Å². The van der Waals surface area contributed by atoms with Gasteiger partial charge in [-0.1, -0.05) is 38.1 Å². The van der Waals surface area contributed by atoms with Gasteiger partial charge in [0.1, 0.15) is 5.75 Å². The Morgan fingerprint density at radius 2 is 1.75 bits per heavy atom. The maximum Gasteiger partial charge on any atom is 0.277 e. The zero-order chi connectivity index (χ0) is 20.4. The standard InChI is InChI=1S/C23H31N3O2/c1-5-13-26(14-6-2)21-11-9-20(10-12-21)16-24-25-23(27)17-28-22-15-18(3)7-8-19(22)4/h7-12,15-16H,5-6,13-14,17H2,1-4H3,(H,25,27)/b24-16+. The number of hydrogen-bond acceptors (Lipinski definition) is 4. The number of nitrogens with one attached hydrogen (secondary N) is 1. The molecule has 0 aliphatic rings. The number of hydrazone groups is 1. The number of hydrogen-bond donors (Lipinski definition) is 1. The molecule has 2 rings (SSSR count). The molecule has 5 nitrogen and oxygen atoms in total. The molecule has 0 aliphatic heterocycles. The van der Waals surface area contributed by atoms with Crippen molar-refractivity contribution in [3.63, 3.8) is 0 Å². The first-order chi connectivity index (χ1) is 13.5. The lowest BCUT2D eigenvalue weighted by Crippen LogP contribution is -2.25. The van der Waals surface area contributed by atoms with Gasteiger partial charge in [0.25, 0.3) is 5.91 Å². The molecule has 0 aromatic heterocycles. The monoisotopic (exact) mass is 381 g/mol. The Morgan fingerprint density at radius 1 is 1.07 bits per heavy atom. The zero-order valence-corrected chi connectivity index (χ0v) is 17.4. The van der Waals surface area contributed by atoms with Gasteiger partial charge in [0.15, 0.2) is 6.61 Å². The predicted molar refractivity (Wildman–Crippen MR) is 116 cm³/mol. The summed E-state index contributed by atoms with van der Waals surface area (Å²) in [6, 6.07) is 14.1. The Balaban J connectivity index is 1.84. The van der Waals surface area contributed by atoms with E-state index in [1.165, 1.54) is 5.69 Å². The van der Waals surface area contributed by atoms with Crippen molar-refractivity contribution in [3.05, 3.63) is 59.2 Å². The van der Waals surface area contributed by atoms with Gasteiger partial charge in [-0.15, -0.1) is 0 Å². The molecule has 5 heteroatoms. The van der Waals surface area contributed by atoms with Crippen molar-refractivity contribution < 1.29 is 9.53 Å². The van der Waals surface area contributed by atoms with Gasteiger partial charge >= 0.3 is 0 Å². The molecule has 0 radical (unpaired) electrons. The third kappa shape index (κ3) is 6.72. The molecule has 0 unspecified atom stereocenters. The first-order valence-corrected chi connectivity index (χ1v) is 9.90. The van der Waals surface area contributed by atoms with Crippen molar-refractivity contribution in [1.82, 2.24) is 5.43 Å². The lowest BCUT2D eigenvalue weighted by atomic mass is 10.1. The van der Waals surface area contributed by atoms with Crippen LogP contribution in [0.3, 0.4) is 0 Å². The maximum absolute atomic E-state index is 11.9.